The molecule has 0 unspecified atom stereocenters. The zero-order chi connectivity index (χ0) is 13.2. The molecule has 0 atom stereocenters. The highest BCUT2D eigenvalue weighted by atomic mass is 16.5. The number of hydrogen-bond acceptors (Lipinski definition) is 2. The maximum atomic E-state index is 6.56. The Bertz CT molecular complexity index is 534. The minimum absolute atomic E-state index is 0.0681. The van der Waals surface area contributed by atoms with Crippen molar-refractivity contribution in [3.05, 3.63) is 35.9 Å². The fraction of sp³-hybridized carbons (Fsp3) is 0.611. The Labute approximate surface area is 120 Å². The number of nitrogens with zero attached hydrogens (tertiary/aromatic N) is 1. The average Bonchev–Trinajstić information content (AvgIpc) is 2.91. The molecule has 4 fully saturated rings. The molecule has 0 saturated heterocycles. The summed E-state index contributed by atoms with van der Waals surface area (Å²) in [5, 5.41) is 0. The van der Waals surface area contributed by atoms with Gasteiger partial charge in [-0.3, -0.25) is 0 Å². The van der Waals surface area contributed by atoms with Crippen LogP contribution in [0.2, 0.25) is 0 Å². The summed E-state index contributed by atoms with van der Waals surface area (Å²) in [6.45, 7) is 0.909. The summed E-state index contributed by atoms with van der Waals surface area (Å²) in [4.78, 5) is 4.80. The number of hydrogen-bond donors (Lipinski definition) is 0. The van der Waals surface area contributed by atoms with Crippen LogP contribution in [0.5, 0.6) is 0 Å². The lowest BCUT2D eigenvalue weighted by Gasteiger charge is -2.58. The quantitative estimate of drug-likeness (QED) is 0.761. The molecule has 0 amide bonds. The van der Waals surface area contributed by atoms with E-state index in [9.17, 15) is 0 Å². The van der Waals surface area contributed by atoms with Crippen LogP contribution in [-0.4, -0.2) is 18.0 Å². The summed E-state index contributed by atoms with van der Waals surface area (Å²) in [6, 6.07) is 10.4. The molecular weight excluding hydrogens is 246 g/mol. The number of ether oxygens (including phenoxy) is 1. The Kier molecular flexibility index (Phi) is 2.20. The van der Waals surface area contributed by atoms with Gasteiger partial charge in [0.05, 0.1) is 6.54 Å². The van der Waals surface area contributed by atoms with E-state index in [0.29, 0.717) is 0 Å². The van der Waals surface area contributed by atoms with Crippen molar-refractivity contribution in [1.29, 1.82) is 0 Å². The van der Waals surface area contributed by atoms with Gasteiger partial charge in [-0.1, -0.05) is 18.2 Å². The molecule has 2 nitrogen and oxygen atoms in total. The van der Waals surface area contributed by atoms with Crippen molar-refractivity contribution in [3.63, 3.8) is 0 Å². The second kappa shape index (κ2) is 3.87. The molecule has 1 heterocycles. The van der Waals surface area contributed by atoms with E-state index in [1.807, 2.05) is 0 Å². The third kappa shape index (κ3) is 1.43. The van der Waals surface area contributed by atoms with Crippen LogP contribution in [0.15, 0.2) is 35.3 Å². The van der Waals surface area contributed by atoms with Crippen molar-refractivity contribution in [2.24, 2.45) is 28.7 Å². The van der Waals surface area contributed by atoms with E-state index in [-0.39, 0.29) is 5.60 Å². The predicted molar refractivity (Wildman–Crippen MR) is 78.7 cm³/mol. The first-order valence-electron chi connectivity index (χ1n) is 8.12. The summed E-state index contributed by atoms with van der Waals surface area (Å²) in [6.07, 6.45) is 7.07. The first-order chi connectivity index (χ1) is 9.83. The van der Waals surface area contributed by atoms with Gasteiger partial charge in [0.1, 0.15) is 5.60 Å². The summed E-state index contributed by atoms with van der Waals surface area (Å²) >= 11 is 0. The monoisotopic (exact) mass is 267 g/mol. The van der Waals surface area contributed by atoms with Crippen LogP contribution in [0.1, 0.15) is 37.7 Å². The van der Waals surface area contributed by atoms with Gasteiger partial charge in [-0.05, 0) is 56.1 Å². The van der Waals surface area contributed by atoms with E-state index < -0.39 is 0 Å². The van der Waals surface area contributed by atoms with Crippen LogP contribution in [0.4, 0.5) is 0 Å². The molecule has 0 N–H and O–H groups in total. The van der Waals surface area contributed by atoms with Gasteiger partial charge in [-0.25, -0.2) is 4.99 Å². The van der Waals surface area contributed by atoms with Crippen LogP contribution in [-0.2, 0) is 4.74 Å². The van der Waals surface area contributed by atoms with Gasteiger partial charge < -0.3 is 4.74 Å². The molecule has 1 spiro atoms. The molecule has 1 aromatic carbocycles. The minimum atomic E-state index is 0.0681. The van der Waals surface area contributed by atoms with Crippen LogP contribution in [0.3, 0.4) is 0 Å². The molecule has 4 saturated carbocycles. The zero-order valence-corrected chi connectivity index (χ0v) is 11.8. The third-order valence-corrected chi connectivity index (χ3v) is 6.30. The molecule has 1 aliphatic heterocycles. The highest BCUT2D eigenvalue weighted by molar-refractivity contribution is 5.95. The molecule has 5 aliphatic rings. The van der Waals surface area contributed by atoms with Crippen molar-refractivity contribution in [2.75, 3.05) is 6.54 Å². The minimum Gasteiger partial charge on any atom is -0.468 e. The first kappa shape index (κ1) is 11.4. The average molecular weight is 267 g/mol. The highest BCUT2D eigenvalue weighted by Crippen LogP contribution is 2.60. The van der Waals surface area contributed by atoms with E-state index in [2.05, 4.69) is 30.3 Å². The van der Waals surface area contributed by atoms with Crippen molar-refractivity contribution in [3.8, 4) is 0 Å². The molecular formula is C18H21NO. The second-order valence-electron chi connectivity index (χ2n) is 7.35. The molecule has 2 heteroatoms. The van der Waals surface area contributed by atoms with E-state index >= 15 is 0 Å². The predicted octanol–water partition coefficient (Wildman–Crippen LogP) is 3.66. The van der Waals surface area contributed by atoms with Crippen LogP contribution >= 0.6 is 0 Å². The Morgan fingerprint density at radius 2 is 1.55 bits per heavy atom. The summed E-state index contributed by atoms with van der Waals surface area (Å²) < 4.78 is 6.56. The van der Waals surface area contributed by atoms with E-state index in [1.54, 1.807) is 0 Å². The maximum absolute atomic E-state index is 6.56. The number of rotatable bonds is 1. The molecule has 0 aromatic heterocycles. The summed E-state index contributed by atoms with van der Waals surface area (Å²) in [5.74, 6) is 4.42. The first-order valence-corrected chi connectivity index (χ1v) is 8.12. The van der Waals surface area contributed by atoms with Crippen LogP contribution < -0.4 is 0 Å². The van der Waals surface area contributed by atoms with Gasteiger partial charge in [0.25, 0.3) is 0 Å². The Morgan fingerprint density at radius 3 is 2.20 bits per heavy atom. The Balaban J connectivity index is 1.46. The highest BCUT2D eigenvalue weighted by Gasteiger charge is 2.60. The Hall–Kier alpha value is -1.31. The van der Waals surface area contributed by atoms with Crippen molar-refractivity contribution in [1.82, 2.24) is 0 Å². The summed E-state index contributed by atoms with van der Waals surface area (Å²) in [7, 11) is 0. The lowest BCUT2D eigenvalue weighted by molar-refractivity contribution is -0.147. The fourth-order valence-electron chi connectivity index (χ4n) is 5.58. The maximum Gasteiger partial charge on any atom is 0.216 e. The van der Waals surface area contributed by atoms with E-state index in [1.165, 1.54) is 32.1 Å². The second-order valence-corrected chi connectivity index (χ2v) is 7.35. The topological polar surface area (TPSA) is 21.6 Å². The van der Waals surface area contributed by atoms with E-state index in [4.69, 9.17) is 9.73 Å². The van der Waals surface area contributed by atoms with Gasteiger partial charge in [0, 0.05) is 17.4 Å². The van der Waals surface area contributed by atoms with Gasteiger partial charge in [0.15, 0.2) is 0 Å². The van der Waals surface area contributed by atoms with Crippen LogP contribution in [0, 0.1) is 23.7 Å². The van der Waals surface area contributed by atoms with Crippen molar-refractivity contribution >= 4 is 5.90 Å². The number of benzene rings is 1. The van der Waals surface area contributed by atoms with Gasteiger partial charge in [0.2, 0.25) is 5.90 Å². The van der Waals surface area contributed by atoms with E-state index in [0.717, 1.165) is 41.7 Å². The van der Waals surface area contributed by atoms with Gasteiger partial charge >= 0.3 is 0 Å². The van der Waals surface area contributed by atoms with Crippen molar-refractivity contribution in [2.45, 2.75) is 37.7 Å². The van der Waals surface area contributed by atoms with Gasteiger partial charge in [-0.15, -0.1) is 0 Å². The van der Waals surface area contributed by atoms with Crippen LogP contribution in [0.25, 0.3) is 0 Å². The van der Waals surface area contributed by atoms with Gasteiger partial charge in [-0.2, -0.15) is 0 Å². The van der Waals surface area contributed by atoms with Crippen molar-refractivity contribution < 1.29 is 4.74 Å². The lowest BCUT2D eigenvalue weighted by Crippen LogP contribution is -2.59. The third-order valence-electron chi connectivity index (χ3n) is 6.30. The molecule has 6 rings (SSSR count). The molecule has 1 aromatic rings. The lowest BCUT2D eigenvalue weighted by atomic mass is 9.50. The standard InChI is InChI=1S/C18H21NO/c1-2-4-14(5-3-1)17-19-11-18(20-17)15-7-12-6-13(9-15)10-16(18)8-12/h1-5,12-13,15-16H,6-11H2. The summed E-state index contributed by atoms with van der Waals surface area (Å²) in [5.41, 5.74) is 1.22. The molecule has 20 heavy (non-hydrogen) atoms. The molecule has 104 valence electrons. The number of aliphatic imine (C=N–C) groups is 1. The normalized spacial score (nSPS) is 44.7. The fourth-order valence-corrected chi connectivity index (χ4v) is 5.58. The molecule has 0 radical (unpaired) electrons. The zero-order valence-electron chi connectivity index (χ0n) is 11.8. The smallest absolute Gasteiger partial charge is 0.216 e. The molecule has 4 bridgehead atoms. The SMILES string of the molecule is c1ccc(C2=NCC3(O2)C2CC4CC(C2)CC3C4)cc1. The molecule has 4 aliphatic carbocycles. The largest absolute Gasteiger partial charge is 0.468 e. The Morgan fingerprint density at radius 1 is 0.900 bits per heavy atom.